The van der Waals surface area contributed by atoms with E-state index in [2.05, 4.69) is 18.8 Å². The Labute approximate surface area is 194 Å². The van der Waals surface area contributed by atoms with Crippen LogP contribution in [0.2, 0.25) is 0 Å². The molecule has 0 unspecified atom stereocenters. The molecule has 3 heterocycles. The normalized spacial score (nSPS) is 17.5. The number of nitrogens with zero attached hydrogens (tertiary/aromatic N) is 4. The summed E-state index contributed by atoms with van der Waals surface area (Å²) in [4.78, 5) is 44.9. The van der Waals surface area contributed by atoms with Gasteiger partial charge in [-0.15, -0.1) is 0 Å². The summed E-state index contributed by atoms with van der Waals surface area (Å²) in [5.41, 5.74) is 0.255. The maximum absolute atomic E-state index is 13.6. The van der Waals surface area contributed by atoms with Crippen LogP contribution in [0.15, 0.2) is 47.2 Å². The summed E-state index contributed by atoms with van der Waals surface area (Å²) in [7, 11) is 0. The highest BCUT2D eigenvalue weighted by molar-refractivity contribution is 6.07. The Hall–Kier alpha value is -3.36. The average molecular weight is 457 g/mol. The number of urea groups is 1. The second kappa shape index (κ2) is 11.0. The van der Waals surface area contributed by atoms with Crippen molar-refractivity contribution in [2.24, 2.45) is 5.92 Å². The highest BCUT2D eigenvalue weighted by atomic mass is 16.4. The largest absolute Gasteiger partial charge is 0.483 e. The summed E-state index contributed by atoms with van der Waals surface area (Å²) >= 11 is 0. The molecule has 0 saturated carbocycles. The molecular weight excluding hydrogens is 424 g/mol. The zero-order valence-electron chi connectivity index (χ0n) is 19.2. The van der Waals surface area contributed by atoms with E-state index >= 15 is 0 Å². The number of imide groups is 1. The van der Waals surface area contributed by atoms with Gasteiger partial charge < -0.3 is 19.3 Å². The molecule has 0 radical (unpaired) electrons. The Kier molecular flexibility index (Phi) is 8.08. The predicted molar refractivity (Wildman–Crippen MR) is 123 cm³/mol. The van der Waals surface area contributed by atoms with Gasteiger partial charge in [0.1, 0.15) is 11.8 Å². The molecule has 1 aromatic carbocycles. The Morgan fingerprint density at radius 1 is 1.18 bits per heavy atom. The third-order valence-electron chi connectivity index (χ3n) is 6.25. The lowest BCUT2D eigenvalue weighted by atomic mass is 9.85. The monoisotopic (exact) mass is 456 g/mol. The molecule has 2 aliphatic heterocycles. The van der Waals surface area contributed by atoms with Crippen molar-refractivity contribution in [3.8, 4) is 0 Å². The zero-order chi connectivity index (χ0) is 23.8. The second-order valence-electron chi connectivity index (χ2n) is 8.79. The summed E-state index contributed by atoms with van der Waals surface area (Å²) in [5.74, 6) is 0.510. The summed E-state index contributed by atoms with van der Waals surface area (Å²) in [5, 5.41) is 6.89. The van der Waals surface area contributed by atoms with Gasteiger partial charge in [-0.05, 0) is 37.2 Å². The lowest BCUT2D eigenvalue weighted by Gasteiger charge is -2.41. The number of carbonyl (C=O) groups is 3. The number of hydrogen-bond donors (Lipinski definition) is 1. The van der Waals surface area contributed by atoms with Gasteiger partial charge in [-0.25, -0.2) is 9.78 Å². The zero-order valence-corrected chi connectivity index (χ0v) is 19.2. The lowest BCUT2D eigenvalue weighted by molar-refractivity contribution is -0.134. The van der Waals surface area contributed by atoms with E-state index in [4.69, 9.17) is 14.3 Å². The SMILES string of the molecule is CC(C)CCCN1C(=O)N(Cc2ccccc2)C2(CCN(c3ncco3)CC2)C1=O.O=CO. The molecule has 1 aromatic heterocycles. The first kappa shape index (κ1) is 24.3. The molecule has 2 aromatic rings. The van der Waals surface area contributed by atoms with Crippen molar-refractivity contribution in [1.29, 1.82) is 0 Å². The second-order valence-corrected chi connectivity index (χ2v) is 8.79. The van der Waals surface area contributed by atoms with Gasteiger partial charge in [-0.2, -0.15) is 0 Å². The third kappa shape index (κ3) is 5.35. The first-order valence-corrected chi connectivity index (χ1v) is 11.3. The Morgan fingerprint density at radius 3 is 2.42 bits per heavy atom. The van der Waals surface area contributed by atoms with Crippen LogP contribution in [0.1, 0.15) is 45.1 Å². The van der Waals surface area contributed by atoms with Gasteiger partial charge in [0.15, 0.2) is 0 Å². The molecule has 9 heteroatoms. The third-order valence-corrected chi connectivity index (χ3v) is 6.25. The fourth-order valence-corrected chi connectivity index (χ4v) is 4.55. The summed E-state index contributed by atoms with van der Waals surface area (Å²) in [6, 6.07) is 10.3. The molecule has 0 atom stereocenters. The smallest absolute Gasteiger partial charge is 0.327 e. The maximum Gasteiger partial charge on any atom is 0.327 e. The first-order valence-electron chi connectivity index (χ1n) is 11.3. The van der Waals surface area contributed by atoms with Crippen molar-refractivity contribution in [2.45, 2.75) is 51.6 Å². The average Bonchev–Trinajstić information content (AvgIpc) is 3.40. The van der Waals surface area contributed by atoms with Crippen LogP contribution in [-0.2, 0) is 16.1 Å². The van der Waals surface area contributed by atoms with Gasteiger partial charge >= 0.3 is 6.03 Å². The van der Waals surface area contributed by atoms with Crippen LogP contribution in [0, 0.1) is 5.92 Å². The van der Waals surface area contributed by atoms with Crippen molar-refractivity contribution in [3.05, 3.63) is 48.4 Å². The number of carbonyl (C=O) groups excluding carboxylic acids is 2. The Balaban J connectivity index is 0.000000968. The molecule has 0 aliphatic carbocycles. The lowest BCUT2D eigenvalue weighted by Crippen LogP contribution is -2.56. The fraction of sp³-hybridized carbons (Fsp3) is 0.500. The molecule has 178 valence electrons. The highest BCUT2D eigenvalue weighted by Gasteiger charge is 2.57. The quantitative estimate of drug-likeness (QED) is 0.501. The Morgan fingerprint density at radius 2 is 1.85 bits per heavy atom. The number of rotatable bonds is 7. The number of benzene rings is 1. The standard InChI is InChI=1S/C23H30N4O3.CH2O2/c1-18(2)7-6-13-26-20(28)23(10-14-25(15-11-23)21-24-12-16-30-21)27(22(26)29)17-19-8-4-3-5-9-19;2-1-3/h3-5,8-9,12,16,18H,6-7,10-11,13-15,17H2,1-2H3;1H,(H,2,3). The van der Waals surface area contributed by atoms with E-state index in [1.165, 1.54) is 4.90 Å². The van der Waals surface area contributed by atoms with Crippen LogP contribution >= 0.6 is 0 Å². The van der Waals surface area contributed by atoms with Crippen molar-refractivity contribution in [1.82, 2.24) is 14.8 Å². The molecule has 3 amide bonds. The van der Waals surface area contributed by atoms with E-state index in [-0.39, 0.29) is 18.4 Å². The van der Waals surface area contributed by atoms with Gasteiger partial charge in [-0.1, -0.05) is 44.2 Å². The number of piperidine rings is 1. The van der Waals surface area contributed by atoms with Gasteiger partial charge in [-0.3, -0.25) is 14.5 Å². The minimum absolute atomic E-state index is 0.0424. The molecule has 4 rings (SSSR count). The van der Waals surface area contributed by atoms with E-state index in [9.17, 15) is 9.59 Å². The Bertz CT molecular complexity index is 908. The van der Waals surface area contributed by atoms with Crippen LogP contribution in [0.5, 0.6) is 0 Å². The summed E-state index contributed by atoms with van der Waals surface area (Å²) in [6.45, 7) is 6.27. The van der Waals surface area contributed by atoms with Crippen molar-refractivity contribution < 1.29 is 23.9 Å². The van der Waals surface area contributed by atoms with Crippen molar-refractivity contribution in [2.75, 3.05) is 24.5 Å². The first-order chi connectivity index (χ1) is 15.9. The molecular formula is C24H32N4O5. The molecule has 1 spiro atoms. The number of carboxylic acid groups (broad SMARTS) is 1. The number of oxazole rings is 1. The number of hydrogen-bond acceptors (Lipinski definition) is 6. The highest BCUT2D eigenvalue weighted by Crippen LogP contribution is 2.39. The van der Waals surface area contributed by atoms with Gasteiger partial charge in [0.25, 0.3) is 18.4 Å². The minimum Gasteiger partial charge on any atom is -0.483 e. The topological polar surface area (TPSA) is 107 Å². The van der Waals surface area contributed by atoms with E-state index in [1.807, 2.05) is 40.1 Å². The van der Waals surface area contributed by atoms with Crippen LogP contribution in [-0.4, -0.2) is 63.5 Å². The molecule has 2 aliphatic rings. The summed E-state index contributed by atoms with van der Waals surface area (Å²) < 4.78 is 5.43. The van der Waals surface area contributed by atoms with E-state index in [0.717, 1.165) is 18.4 Å². The fourth-order valence-electron chi connectivity index (χ4n) is 4.55. The molecule has 2 saturated heterocycles. The molecule has 33 heavy (non-hydrogen) atoms. The molecule has 0 bridgehead atoms. The van der Waals surface area contributed by atoms with E-state index in [0.29, 0.717) is 51.0 Å². The van der Waals surface area contributed by atoms with Gasteiger partial charge in [0.05, 0.1) is 6.20 Å². The number of amides is 3. The predicted octanol–water partition coefficient (Wildman–Crippen LogP) is 3.62. The van der Waals surface area contributed by atoms with Crippen LogP contribution < -0.4 is 4.90 Å². The number of anilines is 1. The van der Waals surface area contributed by atoms with Crippen molar-refractivity contribution in [3.63, 3.8) is 0 Å². The maximum atomic E-state index is 13.6. The molecule has 1 N–H and O–H groups in total. The van der Waals surface area contributed by atoms with E-state index < -0.39 is 5.54 Å². The molecule has 2 fully saturated rings. The van der Waals surface area contributed by atoms with Crippen LogP contribution in [0.4, 0.5) is 10.8 Å². The van der Waals surface area contributed by atoms with E-state index in [1.54, 1.807) is 12.5 Å². The minimum atomic E-state index is -0.784. The summed E-state index contributed by atoms with van der Waals surface area (Å²) in [6.07, 6.45) is 6.18. The van der Waals surface area contributed by atoms with Gasteiger partial charge in [0, 0.05) is 26.2 Å². The molecule has 9 nitrogen and oxygen atoms in total. The number of aromatic nitrogens is 1. The van der Waals surface area contributed by atoms with Crippen molar-refractivity contribution >= 4 is 24.4 Å². The van der Waals surface area contributed by atoms with Gasteiger partial charge in [0.2, 0.25) is 0 Å². The van der Waals surface area contributed by atoms with Crippen LogP contribution in [0.3, 0.4) is 0 Å². The van der Waals surface area contributed by atoms with Crippen LogP contribution in [0.25, 0.3) is 0 Å².